The van der Waals surface area contributed by atoms with E-state index in [1.54, 1.807) is 0 Å². The van der Waals surface area contributed by atoms with E-state index >= 15 is 0 Å². The number of aliphatic carboxylic acids is 1. The number of aromatic hydroxyl groups is 1. The third-order valence-corrected chi connectivity index (χ3v) is 4.14. The summed E-state index contributed by atoms with van der Waals surface area (Å²) in [4.78, 5) is 23.1. The summed E-state index contributed by atoms with van der Waals surface area (Å²) in [5.41, 5.74) is -1.78. The molecule has 1 aliphatic rings. The third kappa shape index (κ3) is 4.31. The van der Waals surface area contributed by atoms with E-state index in [-0.39, 0.29) is 11.5 Å². The Morgan fingerprint density at radius 3 is 2.58 bits per heavy atom. The first-order chi connectivity index (χ1) is 12.2. The second-order valence-electron chi connectivity index (χ2n) is 6.04. The van der Waals surface area contributed by atoms with Crippen molar-refractivity contribution in [2.75, 3.05) is 7.11 Å². The molecular formula is C17H20O9. The van der Waals surface area contributed by atoms with Crippen LogP contribution in [-0.2, 0) is 14.3 Å². The zero-order chi connectivity index (χ0) is 19.5. The SMILES string of the molecule is COc1cc(/C=C\C(=O)O[C@@H]2C[C@](O)(C(=O)O)C[C@@H](O)[C@H]2O)ccc1O. The van der Waals surface area contributed by atoms with Crippen molar-refractivity contribution in [2.45, 2.75) is 36.8 Å². The number of phenols is 1. The lowest BCUT2D eigenvalue weighted by Crippen LogP contribution is -2.57. The van der Waals surface area contributed by atoms with Crippen LogP contribution in [0.4, 0.5) is 0 Å². The molecule has 0 radical (unpaired) electrons. The second-order valence-corrected chi connectivity index (χ2v) is 6.04. The highest BCUT2D eigenvalue weighted by atomic mass is 16.6. The molecule has 5 N–H and O–H groups in total. The minimum atomic E-state index is -2.29. The first-order valence-electron chi connectivity index (χ1n) is 7.74. The van der Waals surface area contributed by atoms with E-state index < -0.39 is 48.7 Å². The first-order valence-corrected chi connectivity index (χ1v) is 7.74. The van der Waals surface area contributed by atoms with Crippen LogP contribution in [0.2, 0.25) is 0 Å². The van der Waals surface area contributed by atoms with Crippen LogP contribution in [0.3, 0.4) is 0 Å². The Balaban J connectivity index is 2.07. The van der Waals surface area contributed by atoms with E-state index in [0.29, 0.717) is 5.56 Å². The Labute approximate surface area is 148 Å². The smallest absolute Gasteiger partial charge is 0.335 e. The molecule has 0 saturated heterocycles. The van der Waals surface area contributed by atoms with E-state index in [0.717, 1.165) is 6.08 Å². The number of methoxy groups -OCH3 is 1. The molecule has 0 amide bonds. The van der Waals surface area contributed by atoms with E-state index in [9.17, 15) is 30.0 Å². The standard InChI is InChI=1S/C17H20O9/c1-25-12-6-9(2-4-10(12)18)3-5-14(20)26-13-8-17(24,16(22)23)7-11(19)15(13)21/h2-6,11,13,15,18-19,21,24H,7-8H2,1H3,(H,22,23)/b5-3-/t11-,13-,15-,17+/m1/s1. The molecule has 4 atom stereocenters. The van der Waals surface area contributed by atoms with Gasteiger partial charge in [-0.1, -0.05) is 6.07 Å². The van der Waals surface area contributed by atoms with Gasteiger partial charge < -0.3 is 35.0 Å². The van der Waals surface area contributed by atoms with E-state index in [4.69, 9.17) is 14.6 Å². The largest absolute Gasteiger partial charge is 0.504 e. The number of rotatable bonds is 5. The van der Waals surface area contributed by atoms with Crippen molar-refractivity contribution < 1.29 is 44.6 Å². The number of carbonyl (C=O) groups excluding carboxylic acids is 1. The molecule has 0 heterocycles. The summed E-state index contributed by atoms with van der Waals surface area (Å²) >= 11 is 0. The Hall–Kier alpha value is -2.62. The number of benzene rings is 1. The fourth-order valence-corrected chi connectivity index (χ4v) is 2.69. The molecule has 0 aromatic heterocycles. The summed E-state index contributed by atoms with van der Waals surface area (Å²) in [6.45, 7) is 0. The van der Waals surface area contributed by atoms with Gasteiger partial charge in [-0.2, -0.15) is 0 Å². The van der Waals surface area contributed by atoms with Gasteiger partial charge in [0, 0.05) is 18.9 Å². The van der Waals surface area contributed by atoms with Crippen LogP contribution in [0.1, 0.15) is 18.4 Å². The molecular weight excluding hydrogens is 348 g/mol. The van der Waals surface area contributed by atoms with Crippen LogP contribution in [0, 0.1) is 0 Å². The first kappa shape index (κ1) is 19.7. The molecule has 0 spiro atoms. The summed E-state index contributed by atoms with van der Waals surface area (Å²) in [5.74, 6) is -2.34. The predicted octanol–water partition coefficient (Wildman–Crippen LogP) is -0.343. The highest BCUT2D eigenvalue weighted by molar-refractivity contribution is 5.87. The lowest BCUT2D eigenvalue weighted by Gasteiger charge is -2.39. The molecule has 142 valence electrons. The van der Waals surface area contributed by atoms with Crippen molar-refractivity contribution in [1.29, 1.82) is 0 Å². The van der Waals surface area contributed by atoms with Gasteiger partial charge >= 0.3 is 11.9 Å². The average Bonchev–Trinajstić information content (AvgIpc) is 2.58. The second kappa shape index (κ2) is 7.73. The van der Waals surface area contributed by atoms with Crippen molar-refractivity contribution in [3.8, 4) is 11.5 Å². The van der Waals surface area contributed by atoms with E-state index in [1.807, 2.05) is 0 Å². The van der Waals surface area contributed by atoms with Gasteiger partial charge in [0.1, 0.15) is 12.2 Å². The van der Waals surface area contributed by atoms with Crippen LogP contribution in [0.5, 0.6) is 11.5 Å². The van der Waals surface area contributed by atoms with Crippen LogP contribution in [0.25, 0.3) is 6.08 Å². The lowest BCUT2D eigenvalue weighted by molar-refractivity contribution is -0.196. The number of carboxylic acids is 1. The zero-order valence-electron chi connectivity index (χ0n) is 13.9. The Morgan fingerprint density at radius 1 is 1.27 bits per heavy atom. The van der Waals surface area contributed by atoms with Gasteiger partial charge in [-0.25, -0.2) is 9.59 Å². The molecule has 0 aliphatic heterocycles. The number of aliphatic hydroxyl groups is 3. The number of ether oxygens (including phenoxy) is 2. The number of aliphatic hydroxyl groups excluding tert-OH is 2. The maximum Gasteiger partial charge on any atom is 0.335 e. The molecule has 0 unspecified atom stereocenters. The van der Waals surface area contributed by atoms with Gasteiger partial charge in [0.05, 0.1) is 13.2 Å². The lowest BCUT2D eigenvalue weighted by atomic mass is 9.79. The molecule has 1 aromatic rings. The highest BCUT2D eigenvalue weighted by Crippen LogP contribution is 2.31. The van der Waals surface area contributed by atoms with Crippen molar-refractivity contribution in [1.82, 2.24) is 0 Å². The van der Waals surface area contributed by atoms with Gasteiger partial charge in [-0.3, -0.25) is 0 Å². The number of esters is 1. The molecule has 1 aliphatic carbocycles. The average molecular weight is 368 g/mol. The van der Waals surface area contributed by atoms with Gasteiger partial charge in [0.25, 0.3) is 0 Å². The predicted molar refractivity (Wildman–Crippen MR) is 87.4 cm³/mol. The van der Waals surface area contributed by atoms with Crippen molar-refractivity contribution >= 4 is 18.0 Å². The van der Waals surface area contributed by atoms with E-state index in [2.05, 4.69) is 0 Å². The van der Waals surface area contributed by atoms with Crippen LogP contribution in [0.15, 0.2) is 24.3 Å². The molecule has 2 rings (SSSR count). The van der Waals surface area contributed by atoms with Crippen LogP contribution in [-0.4, -0.2) is 68.5 Å². The van der Waals surface area contributed by atoms with Gasteiger partial charge in [-0.15, -0.1) is 0 Å². The number of carboxylic acid groups (broad SMARTS) is 1. The fourth-order valence-electron chi connectivity index (χ4n) is 2.69. The summed E-state index contributed by atoms with van der Waals surface area (Å²) in [5, 5.41) is 48.2. The Kier molecular flexibility index (Phi) is 5.86. The van der Waals surface area contributed by atoms with Gasteiger partial charge in [0.15, 0.2) is 17.1 Å². The number of hydrogen-bond donors (Lipinski definition) is 5. The number of carbonyl (C=O) groups is 2. The monoisotopic (exact) mass is 368 g/mol. The zero-order valence-corrected chi connectivity index (χ0v) is 13.9. The van der Waals surface area contributed by atoms with Crippen LogP contribution >= 0.6 is 0 Å². The molecule has 26 heavy (non-hydrogen) atoms. The topological polar surface area (TPSA) is 154 Å². The Bertz CT molecular complexity index is 714. The molecule has 9 nitrogen and oxygen atoms in total. The van der Waals surface area contributed by atoms with Crippen molar-refractivity contribution in [3.63, 3.8) is 0 Å². The summed E-state index contributed by atoms with van der Waals surface area (Å²) < 4.78 is 9.92. The summed E-state index contributed by atoms with van der Waals surface area (Å²) in [7, 11) is 1.37. The van der Waals surface area contributed by atoms with Gasteiger partial charge in [-0.05, 0) is 23.8 Å². The minimum Gasteiger partial charge on any atom is -0.504 e. The fraction of sp³-hybridized carbons (Fsp3) is 0.412. The summed E-state index contributed by atoms with van der Waals surface area (Å²) in [6.07, 6.45) is -3.17. The Morgan fingerprint density at radius 2 is 1.96 bits per heavy atom. The molecule has 1 saturated carbocycles. The number of hydrogen-bond acceptors (Lipinski definition) is 8. The summed E-state index contributed by atoms with van der Waals surface area (Å²) in [6, 6.07) is 4.36. The van der Waals surface area contributed by atoms with Crippen molar-refractivity contribution in [3.05, 3.63) is 29.8 Å². The van der Waals surface area contributed by atoms with Crippen LogP contribution < -0.4 is 4.74 Å². The molecule has 1 aromatic carbocycles. The maximum atomic E-state index is 11.9. The minimum absolute atomic E-state index is 0.0699. The molecule has 9 heteroatoms. The van der Waals surface area contributed by atoms with Crippen molar-refractivity contribution in [2.24, 2.45) is 0 Å². The molecule has 0 bridgehead atoms. The highest BCUT2D eigenvalue weighted by Gasteiger charge is 2.50. The number of phenolic OH excluding ortho intramolecular Hbond substituents is 1. The van der Waals surface area contributed by atoms with Gasteiger partial charge in [0.2, 0.25) is 0 Å². The van der Waals surface area contributed by atoms with E-state index in [1.165, 1.54) is 31.4 Å². The maximum absolute atomic E-state index is 11.9. The molecule has 1 fully saturated rings. The normalized spacial score (nSPS) is 28.7. The quantitative estimate of drug-likeness (QED) is 0.347. The third-order valence-electron chi connectivity index (χ3n) is 4.14.